The van der Waals surface area contributed by atoms with Gasteiger partial charge in [0.2, 0.25) is 0 Å². The number of ether oxygens (including phenoxy) is 3. The quantitative estimate of drug-likeness (QED) is 0.0527. The average molecular weight is 1240 g/mol. The summed E-state index contributed by atoms with van der Waals surface area (Å²) in [4.78, 5) is 0. The summed E-state index contributed by atoms with van der Waals surface area (Å²) in [5.74, 6) is 3.67. The van der Waals surface area contributed by atoms with Crippen LogP contribution in [0.4, 0.5) is 0 Å². The number of aryl methyl sites for hydroxylation is 2. The summed E-state index contributed by atoms with van der Waals surface area (Å²) < 4.78 is 21.6. The lowest BCUT2D eigenvalue weighted by Gasteiger charge is -2.39. The lowest BCUT2D eigenvalue weighted by molar-refractivity contribution is 0.0553. The first kappa shape index (κ1) is 74.2. The molecule has 0 saturated carbocycles. The number of benzene rings is 3. The fourth-order valence-electron chi connectivity index (χ4n) is 14.0. The topological polar surface area (TPSA) is 88.4 Å². The average Bonchev–Trinajstić information content (AvgIpc) is 0.778. The maximum atomic E-state index is 12.4. The van der Waals surface area contributed by atoms with Gasteiger partial charge in [0.15, 0.2) is 0 Å². The first-order valence-electron chi connectivity index (χ1n) is 35.5. The second kappa shape index (κ2) is 34.9. The number of phenols is 3. The summed E-state index contributed by atoms with van der Waals surface area (Å²) in [6.45, 7) is 39.5. The fourth-order valence-corrected chi connectivity index (χ4v) is 14.0. The smallest absolute Gasteiger partial charge is 0.127 e. The second-order valence-electron chi connectivity index (χ2n) is 29.9. The zero-order valence-electron chi connectivity index (χ0n) is 60.7. The van der Waals surface area contributed by atoms with Crippen LogP contribution in [0.1, 0.15) is 294 Å². The van der Waals surface area contributed by atoms with Crippen LogP contribution in [0, 0.1) is 20.8 Å². The molecular weight excluding hydrogens is 1120 g/mol. The van der Waals surface area contributed by atoms with Crippen molar-refractivity contribution in [3.05, 3.63) is 173 Å². The lowest BCUT2D eigenvalue weighted by atomic mass is 9.81. The van der Waals surface area contributed by atoms with E-state index < -0.39 is 5.60 Å². The Bertz CT molecular complexity index is 3250. The molecule has 3 N–H and O–H groups in total. The molecular formula is C85H124O6. The highest BCUT2D eigenvalue weighted by atomic mass is 16.5. The van der Waals surface area contributed by atoms with Gasteiger partial charge in [-0.3, -0.25) is 0 Å². The number of hydrogen-bond donors (Lipinski definition) is 3. The summed E-state index contributed by atoms with van der Waals surface area (Å²) in [6, 6.07) is 4.01. The molecule has 3 aliphatic heterocycles. The molecule has 91 heavy (non-hydrogen) atoms. The van der Waals surface area contributed by atoms with Gasteiger partial charge in [-0.15, -0.1) is 0 Å². The third-order valence-electron chi connectivity index (χ3n) is 20.3. The Kier molecular flexibility index (Phi) is 28.4. The van der Waals surface area contributed by atoms with Gasteiger partial charge in [0.05, 0.1) is 0 Å². The number of rotatable bonds is 33. The van der Waals surface area contributed by atoms with Crippen LogP contribution < -0.4 is 14.2 Å². The van der Waals surface area contributed by atoms with Crippen LogP contribution in [0.25, 0.3) is 0 Å². The largest absolute Gasteiger partial charge is 0.508 e. The second-order valence-corrected chi connectivity index (χ2v) is 29.9. The summed E-state index contributed by atoms with van der Waals surface area (Å²) in [5.41, 5.74) is 21.5. The minimum atomic E-state index is -0.405. The summed E-state index contributed by atoms with van der Waals surface area (Å²) >= 11 is 0. The number of phenolic OH excluding ortho intramolecular Hbond substituents is 3. The van der Waals surface area contributed by atoms with Crippen molar-refractivity contribution in [2.75, 3.05) is 0 Å². The van der Waals surface area contributed by atoms with E-state index in [0.717, 1.165) is 227 Å². The molecule has 3 aromatic carbocycles. The van der Waals surface area contributed by atoms with Crippen LogP contribution in [0.3, 0.4) is 0 Å². The van der Waals surface area contributed by atoms with E-state index in [9.17, 15) is 15.3 Å². The number of hydrogen-bond acceptors (Lipinski definition) is 6. The standard InChI is InChI=1S/C85H124O6/c1-58(2)28-19-31-61(7)34-22-37-64(10)40-25-50-83(16)54-48-74-75(79(87)67(13)56-78(74)89-83)44-43-70-57-77(86)73(76-49-55-84(17,90-81(70)76)51-26-41-65(11)38-23-35-62(8)32-20-29-59(3)4)46-45-71-68(14)80(88)69(15)72-47-53-85(18,91-82(71)72)52-27-42-66(12)39-24-36-63(9)33-21-30-60(5)6/h28-30,34-36,40-42,56-57,86-88H,19-27,31-33,37-39,43-55H2,1-18H3/b61-34+,62-35+,63-36+,64-40+,65-41+,66-42+/t83-,84-,85-/m1/s1. The van der Waals surface area contributed by atoms with Gasteiger partial charge in [-0.2, -0.15) is 0 Å². The molecule has 0 spiro atoms. The van der Waals surface area contributed by atoms with Crippen LogP contribution in [-0.4, -0.2) is 32.1 Å². The maximum absolute atomic E-state index is 12.4. The van der Waals surface area contributed by atoms with Gasteiger partial charge in [-0.25, -0.2) is 0 Å². The molecule has 500 valence electrons. The number of fused-ring (bicyclic) bond motifs is 3. The molecule has 0 saturated heterocycles. The van der Waals surface area contributed by atoms with Crippen molar-refractivity contribution in [3.63, 3.8) is 0 Å². The zero-order valence-corrected chi connectivity index (χ0v) is 60.7. The Morgan fingerprint density at radius 2 is 0.747 bits per heavy atom. The Hall–Kier alpha value is -5.88. The molecule has 3 atom stereocenters. The van der Waals surface area contributed by atoms with Gasteiger partial charge in [-0.1, -0.05) is 105 Å². The molecule has 6 nitrogen and oxygen atoms in total. The van der Waals surface area contributed by atoms with Crippen molar-refractivity contribution in [2.45, 2.75) is 321 Å². The summed E-state index contributed by atoms with van der Waals surface area (Å²) in [7, 11) is 0. The fraction of sp³-hybridized carbons (Fsp3) is 0.576. The SMILES string of the molecule is CC(C)=CCC/C(C)=C/CC/C(C)=C/CC[C@]1(C)CCc2c(cc(C)c(O)c2CCc2cc(O)c(CCc3c(C)c(O)c(C)c4c3O[C@](C)(CC/C=C(\C)CC/C=C(\C)CCC=C(C)C)CC4)c3c2O[C@](C)(CC/C=C(\C)CC/C=C(\C)CCC=C(C)C)CC3)O1. The van der Waals surface area contributed by atoms with Crippen LogP contribution in [0.2, 0.25) is 0 Å². The number of aromatic hydroxyl groups is 3. The van der Waals surface area contributed by atoms with Crippen molar-refractivity contribution in [3.8, 4) is 34.5 Å². The van der Waals surface area contributed by atoms with Crippen LogP contribution >= 0.6 is 0 Å². The molecule has 0 aromatic heterocycles. The van der Waals surface area contributed by atoms with Crippen molar-refractivity contribution < 1.29 is 29.5 Å². The summed E-state index contributed by atoms with van der Waals surface area (Å²) in [6.07, 6.45) is 47.6. The van der Waals surface area contributed by atoms with Gasteiger partial charge in [0.1, 0.15) is 51.3 Å². The van der Waals surface area contributed by atoms with E-state index in [-0.39, 0.29) is 17.0 Å². The Morgan fingerprint density at radius 1 is 0.385 bits per heavy atom. The van der Waals surface area contributed by atoms with Gasteiger partial charge in [0, 0.05) is 33.4 Å². The molecule has 3 aromatic rings. The van der Waals surface area contributed by atoms with Gasteiger partial charge in [-0.05, 0) is 339 Å². The first-order chi connectivity index (χ1) is 43.1. The van der Waals surface area contributed by atoms with Crippen LogP contribution in [-0.2, 0) is 44.9 Å². The van der Waals surface area contributed by atoms with E-state index in [1.54, 1.807) is 0 Å². The molecule has 6 heteroatoms. The molecule has 0 amide bonds. The van der Waals surface area contributed by atoms with Crippen LogP contribution in [0.15, 0.2) is 117 Å². The third kappa shape index (κ3) is 22.7. The van der Waals surface area contributed by atoms with E-state index >= 15 is 0 Å². The molecule has 0 fully saturated rings. The lowest BCUT2D eigenvalue weighted by Crippen LogP contribution is -2.37. The zero-order chi connectivity index (χ0) is 66.6. The minimum absolute atomic E-state index is 0.284. The van der Waals surface area contributed by atoms with E-state index in [1.165, 1.54) is 50.2 Å². The molecule has 0 aliphatic carbocycles. The molecule has 6 rings (SSSR count). The normalized spacial score (nSPS) is 19.6. The van der Waals surface area contributed by atoms with E-state index in [2.05, 4.69) is 159 Å². The predicted molar refractivity (Wildman–Crippen MR) is 389 cm³/mol. The van der Waals surface area contributed by atoms with E-state index in [0.29, 0.717) is 37.2 Å². The Labute approximate surface area is 554 Å². The highest BCUT2D eigenvalue weighted by Crippen LogP contribution is 2.49. The summed E-state index contributed by atoms with van der Waals surface area (Å²) in [5, 5.41) is 36.1. The van der Waals surface area contributed by atoms with Gasteiger partial charge >= 0.3 is 0 Å². The Balaban J connectivity index is 1.22. The first-order valence-corrected chi connectivity index (χ1v) is 35.5. The van der Waals surface area contributed by atoms with E-state index in [1.807, 2.05) is 32.9 Å². The van der Waals surface area contributed by atoms with Crippen molar-refractivity contribution in [2.24, 2.45) is 0 Å². The minimum Gasteiger partial charge on any atom is -0.508 e. The monoisotopic (exact) mass is 1240 g/mol. The van der Waals surface area contributed by atoms with Crippen LogP contribution in [0.5, 0.6) is 34.5 Å². The molecule has 3 aliphatic rings. The highest BCUT2D eigenvalue weighted by Gasteiger charge is 2.38. The maximum Gasteiger partial charge on any atom is 0.127 e. The molecule has 3 heterocycles. The molecule has 0 radical (unpaired) electrons. The predicted octanol–water partition coefficient (Wildman–Crippen LogP) is 24.1. The van der Waals surface area contributed by atoms with Crippen molar-refractivity contribution in [1.29, 1.82) is 0 Å². The highest BCUT2D eigenvalue weighted by molar-refractivity contribution is 5.61. The van der Waals surface area contributed by atoms with Crippen molar-refractivity contribution >= 4 is 0 Å². The van der Waals surface area contributed by atoms with Crippen molar-refractivity contribution in [1.82, 2.24) is 0 Å². The van der Waals surface area contributed by atoms with Gasteiger partial charge in [0.25, 0.3) is 0 Å². The van der Waals surface area contributed by atoms with E-state index in [4.69, 9.17) is 14.2 Å². The molecule has 0 bridgehead atoms. The Morgan fingerprint density at radius 3 is 1.19 bits per heavy atom. The third-order valence-corrected chi connectivity index (χ3v) is 20.3. The van der Waals surface area contributed by atoms with Gasteiger partial charge < -0.3 is 29.5 Å². The molecule has 0 unspecified atom stereocenters. The number of allylic oxidation sites excluding steroid dienone is 18.